The van der Waals surface area contributed by atoms with Gasteiger partial charge in [0.2, 0.25) is 0 Å². The molecular formula is C12H22N2. The number of aliphatic imine (C=N–C) groups is 1. The zero-order valence-electron chi connectivity index (χ0n) is 9.64. The summed E-state index contributed by atoms with van der Waals surface area (Å²) in [6.07, 6.45) is 4.43. The molecule has 2 heteroatoms. The molecule has 1 aliphatic heterocycles. The maximum Gasteiger partial charge on any atom is 0.0455 e. The molecule has 0 aromatic heterocycles. The molecule has 80 valence electrons. The third-order valence-corrected chi connectivity index (χ3v) is 2.85. The second-order valence-electron chi connectivity index (χ2n) is 3.98. The molecular weight excluding hydrogens is 172 g/mol. The number of nitrogens with one attached hydrogen (secondary N) is 1. The van der Waals surface area contributed by atoms with Crippen molar-refractivity contribution in [3.8, 4) is 0 Å². The first-order valence-corrected chi connectivity index (χ1v) is 5.69. The van der Waals surface area contributed by atoms with Crippen LogP contribution in [0.4, 0.5) is 0 Å². The van der Waals surface area contributed by atoms with E-state index in [-0.39, 0.29) is 0 Å². The Labute approximate surface area is 87.5 Å². The van der Waals surface area contributed by atoms with Gasteiger partial charge in [0.25, 0.3) is 0 Å². The Kier molecular flexibility index (Phi) is 4.88. The summed E-state index contributed by atoms with van der Waals surface area (Å²) < 4.78 is 0. The van der Waals surface area contributed by atoms with Crippen LogP contribution in [0.3, 0.4) is 0 Å². The molecule has 1 unspecified atom stereocenters. The molecule has 0 aromatic rings. The first-order chi connectivity index (χ1) is 6.79. The molecule has 0 aliphatic carbocycles. The Balaban J connectivity index is 2.55. The minimum absolute atomic E-state index is 0.671. The summed E-state index contributed by atoms with van der Waals surface area (Å²) in [5.41, 5.74) is 2.93. The number of rotatable bonds is 5. The summed E-state index contributed by atoms with van der Waals surface area (Å²) in [5.74, 6) is 0.671. The lowest BCUT2D eigenvalue weighted by atomic mass is 9.90. The number of hydrogen-bond donors (Lipinski definition) is 1. The molecule has 0 aromatic carbocycles. The van der Waals surface area contributed by atoms with Crippen molar-refractivity contribution in [1.82, 2.24) is 5.32 Å². The molecule has 0 bridgehead atoms. The van der Waals surface area contributed by atoms with Gasteiger partial charge in [-0.1, -0.05) is 13.8 Å². The lowest BCUT2D eigenvalue weighted by Crippen LogP contribution is -2.25. The highest BCUT2D eigenvalue weighted by molar-refractivity contribution is 5.80. The van der Waals surface area contributed by atoms with Crippen LogP contribution in [0.15, 0.2) is 16.1 Å². The Hall–Kier alpha value is -0.630. The predicted octanol–water partition coefficient (Wildman–Crippen LogP) is 2.41. The first-order valence-electron chi connectivity index (χ1n) is 5.69. The fraction of sp³-hybridized carbons (Fsp3) is 0.750. The van der Waals surface area contributed by atoms with Crippen molar-refractivity contribution >= 4 is 6.21 Å². The summed E-state index contributed by atoms with van der Waals surface area (Å²) in [5, 5.41) is 3.48. The minimum Gasteiger partial charge on any atom is -0.313 e. The van der Waals surface area contributed by atoms with Crippen LogP contribution in [0.2, 0.25) is 0 Å². The lowest BCUT2D eigenvalue weighted by Gasteiger charge is -2.22. The van der Waals surface area contributed by atoms with E-state index in [9.17, 15) is 0 Å². The number of hydrogen-bond acceptors (Lipinski definition) is 2. The van der Waals surface area contributed by atoms with Crippen LogP contribution < -0.4 is 5.32 Å². The van der Waals surface area contributed by atoms with Gasteiger partial charge >= 0.3 is 0 Å². The molecule has 2 nitrogen and oxygen atoms in total. The molecule has 14 heavy (non-hydrogen) atoms. The first kappa shape index (κ1) is 11.4. The summed E-state index contributed by atoms with van der Waals surface area (Å²) in [6, 6.07) is 0. The highest BCUT2D eigenvalue weighted by atomic mass is 14.9. The molecule has 1 N–H and O–H groups in total. The quantitative estimate of drug-likeness (QED) is 0.668. The highest BCUT2D eigenvalue weighted by Crippen LogP contribution is 2.21. The molecule has 1 aliphatic rings. The van der Waals surface area contributed by atoms with Crippen molar-refractivity contribution in [2.24, 2.45) is 10.9 Å². The number of dihydropyridines is 1. The average molecular weight is 194 g/mol. The van der Waals surface area contributed by atoms with Crippen molar-refractivity contribution in [1.29, 1.82) is 0 Å². The SMILES string of the molecule is CCCNCC1=C(C)C=NCC1CC. The van der Waals surface area contributed by atoms with E-state index < -0.39 is 0 Å². The standard InChI is InChI=1S/C12H22N2/c1-4-6-13-9-12-10(3)7-14-8-11(12)5-2/h7,11,13H,4-6,8-9H2,1-3H3. The summed E-state index contributed by atoms with van der Waals surface area (Å²) in [7, 11) is 0. The largest absolute Gasteiger partial charge is 0.313 e. The Morgan fingerprint density at radius 3 is 2.93 bits per heavy atom. The van der Waals surface area contributed by atoms with Crippen molar-refractivity contribution in [2.45, 2.75) is 33.6 Å². The second kappa shape index (κ2) is 5.97. The number of nitrogens with zero attached hydrogens (tertiary/aromatic N) is 1. The van der Waals surface area contributed by atoms with Crippen LogP contribution in [0, 0.1) is 5.92 Å². The minimum atomic E-state index is 0.671. The van der Waals surface area contributed by atoms with Gasteiger partial charge in [-0.25, -0.2) is 0 Å². The molecule has 1 rings (SSSR count). The molecule has 0 radical (unpaired) electrons. The molecule has 0 saturated heterocycles. The molecule has 1 atom stereocenters. The monoisotopic (exact) mass is 194 g/mol. The van der Waals surface area contributed by atoms with Crippen molar-refractivity contribution in [2.75, 3.05) is 19.6 Å². The smallest absolute Gasteiger partial charge is 0.0455 e. The van der Waals surface area contributed by atoms with E-state index in [0.717, 1.165) is 19.6 Å². The van der Waals surface area contributed by atoms with E-state index >= 15 is 0 Å². The van der Waals surface area contributed by atoms with Gasteiger partial charge in [0.05, 0.1) is 0 Å². The maximum absolute atomic E-state index is 4.38. The molecule has 0 spiro atoms. The Morgan fingerprint density at radius 2 is 2.29 bits per heavy atom. The average Bonchev–Trinajstić information content (AvgIpc) is 2.20. The fourth-order valence-corrected chi connectivity index (χ4v) is 1.89. The van der Waals surface area contributed by atoms with E-state index in [2.05, 4.69) is 31.1 Å². The van der Waals surface area contributed by atoms with Gasteiger partial charge in [0, 0.05) is 25.2 Å². The zero-order valence-corrected chi connectivity index (χ0v) is 9.64. The fourth-order valence-electron chi connectivity index (χ4n) is 1.89. The van der Waals surface area contributed by atoms with Gasteiger partial charge in [-0.3, -0.25) is 4.99 Å². The lowest BCUT2D eigenvalue weighted by molar-refractivity contribution is 0.559. The van der Waals surface area contributed by atoms with Crippen LogP contribution in [0.25, 0.3) is 0 Å². The van der Waals surface area contributed by atoms with Crippen LogP contribution >= 0.6 is 0 Å². The zero-order chi connectivity index (χ0) is 10.4. The summed E-state index contributed by atoms with van der Waals surface area (Å²) in [6.45, 7) is 9.77. The van der Waals surface area contributed by atoms with Gasteiger partial charge in [0.15, 0.2) is 0 Å². The van der Waals surface area contributed by atoms with Gasteiger partial charge in [-0.05, 0) is 37.5 Å². The van der Waals surface area contributed by atoms with Gasteiger partial charge < -0.3 is 5.32 Å². The van der Waals surface area contributed by atoms with Gasteiger partial charge in [0.1, 0.15) is 0 Å². The van der Waals surface area contributed by atoms with E-state index in [1.807, 2.05) is 6.21 Å². The van der Waals surface area contributed by atoms with E-state index in [1.54, 1.807) is 5.57 Å². The van der Waals surface area contributed by atoms with Crippen molar-refractivity contribution < 1.29 is 0 Å². The molecule has 0 amide bonds. The Morgan fingerprint density at radius 1 is 1.50 bits per heavy atom. The topological polar surface area (TPSA) is 24.4 Å². The third-order valence-electron chi connectivity index (χ3n) is 2.85. The predicted molar refractivity (Wildman–Crippen MR) is 63.0 cm³/mol. The van der Waals surface area contributed by atoms with E-state index in [1.165, 1.54) is 18.4 Å². The molecule has 0 saturated carbocycles. The Bertz CT molecular complexity index is 228. The summed E-state index contributed by atoms with van der Waals surface area (Å²) >= 11 is 0. The van der Waals surface area contributed by atoms with Gasteiger partial charge in [-0.2, -0.15) is 0 Å². The normalized spacial score (nSPS) is 21.8. The van der Waals surface area contributed by atoms with Crippen molar-refractivity contribution in [3.05, 3.63) is 11.1 Å². The van der Waals surface area contributed by atoms with E-state index in [0.29, 0.717) is 5.92 Å². The van der Waals surface area contributed by atoms with Crippen molar-refractivity contribution in [3.63, 3.8) is 0 Å². The molecule has 1 heterocycles. The van der Waals surface area contributed by atoms with Crippen LogP contribution in [-0.4, -0.2) is 25.8 Å². The van der Waals surface area contributed by atoms with E-state index in [4.69, 9.17) is 0 Å². The van der Waals surface area contributed by atoms with Crippen LogP contribution in [0.5, 0.6) is 0 Å². The second-order valence-corrected chi connectivity index (χ2v) is 3.98. The number of allylic oxidation sites excluding steroid dienone is 1. The summed E-state index contributed by atoms with van der Waals surface area (Å²) in [4.78, 5) is 4.38. The maximum atomic E-state index is 4.38. The highest BCUT2D eigenvalue weighted by Gasteiger charge is 2.16. The molecule has 0 fully saturated rings. The third kappa shape index (κ3) is 2.95. The van der Waals surface area contributed by atoms with Gasteiger partial charge in [-0.15, -0.1) is 0 Å². The van der Waals surface area contributed by atoms with Crippen LogP contribution in [-0.2, 0) is 0 Å². The van der Waals surface area contributed by atoms with Crippen LogP contribution in [0.1, 0.15) is 33.6 Å².